The van der Waals surface area contributed by atoms with Crippen LogP contribution in [-0.4, -0.2) is 261 Å². The van der Waals surface area contributed by atoms with Crippen molar-refractivity contribution in [1.82, 2.24) is 73.7 Å². The van der Waals surface area contributed by atoms with Crippen LogP contribution in [0.25, 0.3) is 10.9 Å². The summed E-state index contributed by atoms with van der Waals surface area (Å²) >= 11 is 0. The number of H-pyrrole nitrogens is 1. The van der Waals surface area contributed by atoms with Gasteiger partial charge in [0.1, 0.15) is 72.6 Å². The van der Waals surface area contributed by atoms with Crippen molar-refractivity contribution >= 4 is 129 Å². The minimum atomic E-state index is -2.80. The van der Waals surface area contributed by atoms with E-state index in [1.165, 1.54) is 13.8 Å². The molecule has 43 heteroatoms. The highest BCUT2D eigenvalue weighted by Crippen LogP contribution is 2.22. The van der Waals surface area contributed by atoms with E-state index in [0.717, 1.165) is 60.6 Å². The highest BCUT2D eigenvalue weighted by Gasteiger charge is 2.43. The molecule has 0 bridgehead atoms. The molecule has 1 saturated heterocycles. The van der Waals surface area contributed by atoms with Gasteiger partial charge in [0.15, 0.2) is 6.10 Å². The molecule has 0 spiro atoms. The topological polar surface area (TPSA) is 682 Å². The van der Waals surface area contributed by atoms with Gasteiger partial charge in [0.25, 0.3) is 0 Å². The quantitative estimate of drug-likeness (QED) is 0.0222. The Kier molecular flexibility index (Phi) is 42.2. The number of likely N-dealkylation sites (N-methyl/N-ethyl adjacent to an activating group) is 1. The number of aromatic amines is 1. The van der Waals surface area contributed by atoms with Gasteiger partial charge in [0.05, 0.1) is 45.9 Å². The molecule has 1 aromatic carbocycles. The number of carboxylic acids is 3. The van der Waals surface area contributed by atoms with E-state index in [-0.39, 0.29) is 45.1 Å². The van der Waals surface area contributed by atoms with E-state index in [4.69, 9.17) is 21.9 Å². The number of esters is 2. The molecule has 1 aliphatic rings. The van der Waals surface area contributed by atoms with Crippen LogP contribution < -0.4 is 81.0 Å². The zero-order chi connectivity index (χ0) is 88.1. The van der Waals surface area contributed by atoms with E-state index >= 15 is 4.79 Å². The van der Waals surface area contributed by atoms with E-state index in [9.17, 15) is 112 Å². The van der Waals surface area contributed by atoms with Gasteiger partial charge in [-0.25, -0.2) is 4.79 Å². The number of cyclic esters (lactones) is 1. The monoisotopic (exact) mass is 1660 g/mol. The maximum Gasteiger partial charge on any atom is 0.329 e. The number of carbonyl (C=O) groups excluding carboxylic acids is 17. The van der Waals surface area contributed by atoms with Crippen LogP contribution >= 0.6 is 0 Å². The van der Waals surface area contributed by atoms with Gasteiger partial charge in [-0.15, -0.1) is 0 Å². The number of fused-ring (bicyclic) bond motifs is 1. The average molecular weight is 1660 g/mol. The first-order chi connectivity index (χ1) is 55.0. The lowest BCUT2D eigenvalue weighted by Crippen LogP contribution is -2.64. The van der Waals surface area contributed by atoms with Crippen molar-refractivity contribution in [1.29, 1.82) is 0 Å². The fourth-order valence-electron chi connectivity index (χ4n) is 12.1. The Morgan fingerprint density at radius 1 is 0.615 bits per heavy atom. The number of nitrogens with zero attached hydrogens (tertiary/aromatic N) is 1. The lowest BCUT2D eigenvalue weighted by molar-refractivity contribution is -0.159. The van der Waals surface area contributed by atoms with Gasteiger partial charge >= 0.3 is 29.8 Å². The fourth-order valence-corrected chi connectivity index (χ4v) is 12.1. The number of carbonyl (C=O) groups is 20. The van der Waals surface area contributed by atoms with E-state index in [0.29, 0.717) is 40.1 Å². The second-order valence-corrected chi connectivity index (χ2v) is 28.9. The first kappa shape index (κ1) is 99.3. The number of carboxylic acid groups (broad SMARTS) is 3. The number of benzene rings is 1. The number of aliphatic carboxylic acids is 3. The summed E-state index contributed by atoms with van der Waals surface area (Å²) in [5.74, 6) is -29.0. The Morgan fingerprint density at radius 2 is 1.22 bits per heavy atom. The smallest absolute Gasteiger partial charge is 0.329 e. The molecule has 43 nitrogen and oxygen atoms in total. The molecule has 650 valence electrons. The summed E-state index contributed by atoms with van der Waals surface area (Å²) in [6, 6.07) is -15.0. The molecule has 2 heterocycles. The Hall–Kier alpha value is -11.9. The Labute approximate surface area is 673 Å². The normalized spacial score (nSPS) is 22.0. The molecule has 0 saturated carbocycles. The number of amides is 15. The Bertz CT molecular complexity index is 3870. The van der Waals surface area contributed by atoms with Gasteiger partial charge in [-0.2, -0.15) is 0 Å². The van der Waals surface area contributed by atoms with Crippen molar-refractivity contribution in [3.63, 3.8) is 0 Å². The van der Waals surface area contributed by atoms with Gasteiger partial charge in [-0.05, 0) is 81.9 Å². The van der Waals surface area contributed by atoms with Gasteiger partial charge < -0.3 is 121 Å². The number of ether oxygens (including phenoxy) is 2. The number of rotatable bonds is 37. The average Bonchev–Trinajstić information content (AvgIpc) is 1.82. The molecule has 2 aromatic rings. The van der Waals surface area contributed by atoms with Gasteiger partial charge in [-0.3, -0.25) is 91.1 Å². The molecule has 0 aliphatic carbocycles. The Balaban J connectivity index is 2.28. The summed E-state index contributed by atoms with van der Waals surface area (Å²) in [5, 5.41) is 68.8. The number of methoxy groups -OCH3 is 1. The molecule has 0 radical (unpaired) electrons. The number of nitrogens with two attached hydrogens (primary N) is 3. The largest absolute Gasteiger partial charge is 0.481 e. The summed E-state index contributed by atoms with van der Waals surface area (Å²) in [6.07, 6.45) is -4.43. The standard InChI is InChI=1S/C74H113N17O26/c1-10-36(3)20-14-12-13-15-24-51(93)81-46(29-41-33-78-43-22-17-16-21-42(41)43)68(109)84-45(25-26-54(96)97)67(108)90-61(62(103)63(77)104)72(113)89-60-40(7)117-74(115)59(37(4)11-2)88-71(112)58(38(5)28-55(98)99)87-70(111)47(30-50(76)92)82-52(94)34-79-65(106)49(32-57(102)116-9)86-66(107)44(23-18-19-27-75)83-69(110)48(31-56(100)101)85-64(105)39(6)80-53(95)35-91(8)73(60)114/h16-17,21-22,33,36-40,44-49,58-62,78,103H,10-15,18-20,23-32,34-35,75H2,1-9H3,(H2,76,92)(H2,77,104)(H,79,106)(H,80,95)(H,81,93)(H,82,94)(H,83,110)(H,84,109)(H,85,105)(H,86,107)(H,87,111)(H,88,112)(H,89,113)(H,90,108)(H,96,97)(H,98,99)(H,100,101)/t36?,37-,38?,39-,40+,44-,45-,46-,47-,48-,49-,58-,59-,60-,61-,62?/m0/s1. The van der Waals surface area contributed by atoms with Crippen molar-refractivity contribution in [2.45, 2.75) is 243 Å². The second-order valence-electron chi connectivity index (χ2n) is 28.9. The van der Waals surface area contributed by atoms with Crippen molar-refractivity contribution in [3.05, 3.63) is 36.0 Å². The molecule has 1 aliphatic heterocycles. The third-order valence-electron chi connectivity index (χ3n) is 19.3. The number of unbranched alkanes of at least 4 members (excludes halogenated alkanes) is 4. The lowest BCUT2D eigenvalue weighted by Gasteiger charge is -2.33. The number of hydrogen-bond acceptors (Lipinski definition) is 24. The zero-order valence-corrected chi connectivity index (χ0v) is 66.9. The van der Waals surface area contributed by atoms with Crippen LogP contribution in [0, 0.1) is 17.8 Å². The van der Waals surface area contributed by atoms with Crippen LogP contribution in [-0.2, 0) is 112 Å². The first-order valence-electron chi connectivity index (χ1n) is 38.3. The molecule has 117 heavy (non-hydrogen) atoms. The minimum absolute atomic E-state index is 0.0222. The summed E-state index contributed by atoms with van der Waals surface area (Å²) < 4.78 is 10.5. The molecule has 15 amide bonds. The fraction of sp³-hybridized carbons (Fsp3) is 0.622. The molecule has 1 fully saturated rings. The van der Waals surface area contributed by atoms with Gasteiger partial charge in [0.2, 0.25) is 88.6 Å². The van der Waals surface area contributed by atoms with E-state index in [1.54, 1.807) is 30.5 Å². The molecule has 3 rings (SSSR count). The molecule has 16 atom stereocenters. The van der Waals surface area contributed by atoms with Gasteiger partial charge in [-0.1, -0.05) is 91.3 Å². The summed E-state index contributed by atoms with van der Waals surface area (Å²) in [7, 11) is 1.83. The van der Waals surface area contributed by atoms with Gasteiger partial charge in [0, 0.05) is 43.4 Å². The Morgan fingerprint density at radius 3 is 1.84 bits per heavy atom. The maximum absolute atomic E-state index is 15.0. The first-order valence-corrected chi connectivity index (χ1v) is 38.3. The van der Waals surface area contributed by atoms with E-state index in [2.05, 4.69) is 87.4 Å². The minimum Gasteiger partial charge on any atom is -0.481 e. The van der Waals surface area contributed by atoms with Crippen molar-refractivity contribution in [3.8, 4) is 0 Å². The third-order valence-corrected chi connectivity index (χ3v) is 19.3. The van der Waals surface area contributed by atoms with Crippen LogP contribution in [0.15, 0.2) is 30.5 Å². The third kappa shape index (κ3) is 34.2. The van der Waals surface area contributed by atoms with Crippen LogP contribution in [0.1, 0.15) is 163 Å². The zero-order valence-electron chi connectivity index (χ0n) is 66.9. The summed E-state index contributed by atoms with van der Waals surface area (Å²) in [5.41, 5.74) is 17.8. The predicted octanol–water partition coefficient (Wildman–Crippen LogP) is -5.12. The molecular weight excluding hydrogens is 1540 g/mol. The number of aliphatic hydroxyl groups is 1. The van der Waals surface area contributed by atoms with E-state index < -0.39 is 261 Å². The van der Waals surface area contributed by atoms with Crippen molar-refractivity contribution in [2.24, 2.45) is 35.0 Å². The second kappa shape index (κ2) is 49.8. The molecule has 23 N–H and O–H groups in total. The van der Waals surface area contributed by atoms with Crippen LogP contribution in [0.5, 0.6) is 0 Å². The summed E-state index contributed by atoms with van der Waals surface area (Å²) in [4.78, 5) is 278. The highest BCUT2D eigenvalue weighted by molar-refractivity contribution is 6.02. The highest BCUT2D eigenvalue weighted by atomic mass is 16.5. The van der Waals surface area contributed by atoms with Crippen LogP contribution in [0.3, 0.4) is 0 Å². The number of primary amides is 2. The molecular formula is C74H113N17O26. The number of aliphatic hydroxyl groups excluding tert-OH is 1. The predicted molar refractivity (Wildman–Crippen MR) is 411 cm³/mol. The molecule has 3 unspecified atom stereocenters. The lowest BCUT2D eigenvalue weighted by atomic mass is 9.94. The van der Waals surface area contributed by atoms with Crippen LogP contribution in [0.2, 0.25) is 0 Å². The van der Waals surface area contributed by atoms with Crippen molar-refractivity contribution in [2.75, 3.05) is 33.8 Å². The maximum atomic E-state index is 15.0. The summed E-state index contributed by atoms with van der Waals surface area (Å²) in [6.45, 7) is 8.05. The number of para-hydroxylation sites is 1. The number of hydrogen-bond donors (Lipinski definition) is 20. The van der Waals surface area contributed by atoms with E-state index in [1.807, 2.05) is 0 Å². The number of aromatic nitrogens is 1. The van der Waals surface area contributed by atoms with Crippen molar-refractivity contribution < 1.29 is 126 Å². The number of nitrogens with one attached hydrogen (secondary N) is 13. The van der Waals surface area contributed by atoms with Crippen LogP contribution in [0.4, 0.5) is 0 Å². The SMILES string of the molecule is CCC(C)CCCCCCC(=O)N[C@@H](Cc1c[nH]c2ccccc12)C(=O)N[C@@H](CCC(=O)O)C(=O)N[C@H](C(=O)N[C@@H]1C(=O)N(C)CC(=O)N[C@@H](C)C(=O)N[C@@H](CC(=O)O)C(=O)N[C@@H](CCCCN)C(=O)N[C@@H](CC(=O)OC)C(=O)NCC(=O)N[C@@H](CC(N)=O)C(=O)N[C@@H](C(C)CC(=O)O)C(=O)N[C@@H]([C@@H](C)CC)C(=O)O[C@@H]1C)C(O)C(N)=O. The molecule has 1 aromatic heterocycles.